The second-order valence-corrected chi connectivity index (χ2v) is 7.53. The van der Waals surface area contributed by atoms with Crippen LogP contribution in [0, 0.1) is 0 Å². The summed E-state index contributed by atoms with van der Waals surface area (Å²) >= 11 is 11.4. The molecule has 0 radical (unpaired) electrons. The van der Waals surface area contributed by atoms with Crippen LogP contribution in [0.25, 0.3) is 0 Å². The molecule has 0 saturated heterocycles. The van der Waals surface area contributed by atoms with E-state index in [2.05, 4.69) is 58.1 Å². The Hall–Kier alpha value is -0.240. The van der Waals surface area contributed by atoms with Crippen LogP contribution in [0.15, 0.2) is 36.6 Å². The summed E-state index contributed by atoms with van der Waals surface area (Å²) in [4.78, 5) is 16.0. The number of nitrogens with one attached hydrogen (secondary N) is 1. The van der Waals surface area contributed by atoms with Crippen molar-refractivity contribution in [2.24, 2.45) is 0 Å². The third-order valence-electron chi connectivity index (χ3n) is 1.91. The number of thiophene rings is 1. The van der Waals surface area contributed by atoms with Gasteiger partial charge >= 0.3 is 0 Å². The molecule has 2 rings (SSSR count). The molecule has 0 spiro atoms. The summed E-state index contributed by atoms with van der Waals surface area (Å²) in [6.07, 6.45) is 1.65. The van der Waals surface area contributed by atoms with Crippen LogP contribution in [0.3, 0.4) is 0 Å². The molecule has 3 nitrogen and oxygen atoms in total. The fourth-order valence-electron chi connectivity index (χ4n) is 1.16. The molecule has 0 aliphatic rings. The Morgan fingerprint density at radius 1 is 1.35 bits per heavy atom. The van der Waals surface area contributed by atoms with Gasteiger partial charge in [0, 0.05) is 6.20 Å². The Bertz CT molecular complexity index is 570. The van der Waals surface area contributed by atoms with Gasteiger partial charge in [0.05, 0.1) is 18.8 Å². The number of hydrogen-bond acceptors (Lipinski definition) is 3. The van der Waals surface area contributed by atoms with Crippen LogP contribution in [-0.2, 0) is 0 Å². The molecular formula is C10H5Br3N2OS. The molecule has 0 aliphatic carbocycles. The fourth-order valence-corrected chi connectivity index (χ4v) is 4.31. The third-order valence-corrected chi connectivity index (χ3v) is 4.88. The lowest BCUT2D eigenvalue weighted by molar-refractivity contribution is 0.102. The van der Waals surface area contributed by atoms with Gasteiger partial charge in [0.25, 0.3) is 5.91 Å². The van der Waals surface area contributed by atoms with Gasteiger partial charge in [-0.05, 0) is 66.0 Å². The molecule has 2 heterocycles. The predicted molar refractivity (Wildman–Crippen MR) is 79.6 cm³/mol. The van der Waals surface area contributed by atoms with E-state index in [0.717, 1.165) is 7.57 Å². The number of halogens is 3. The number of carbonyl (C=O) groups is 1. The van der Waals surface area contributed by atoms with Gasteiger partial charge in [-0.15, -0.1) is 11.3 Å². The lowest BCUT2D eigenvalue weighted by Gasteiger charge is -2.05. The zero-order valence-electron chi connectivity index (χ0n) is 8.21. The molecule has 2 aromatic rings. The molecule has 0 atom stereocenters. The normalized spacial score (nSPS) is 10.3. The van der Waals surface area contributed by atoms with E-state index in [-0.39, 0.29) is 5.91 Å². The van der Waals surface area contributed by atoms with Gasteiger partial charge in [-0.25, -0.2) is 4.98 Å². The average Bonchev–Trinajstić information content (AvgIpc) is 2.61. The van der Waals surface area contributed by atoms with E-state index in [1.165, 1.54) is 11.3 Å². The number of nitrogens with zero attached hydrogens (tertiary/aromatic N) is 1. The molecule has 7 heteroatoms. The van der Waals surface area contributed by atoms with Crippen molar-refractivity contribution < 1.29 is 4.79 Å². The summed E-state index contributed by atoms with van der Waals surface area (Å²) in [7, 11) is 0. The summed E-state index contributed by atoms with van der Waals surface area (Å²) in [5, 5.41) is 2.79. The monoisotopic (exact) mass is 438 g/mol. The minimum absolute atomic E-state index is 0.174. The number of pyridine rings is 1. The van der Waals surface area contributed by atoms with E-state index >= 15 is 0 Å². The molecule has 2 aromatic heterocycles. The fraction of sp³-hybridized carbons (Fsp3) is 0. The van der Waals surface area contributed by atoms with Gasteiger partial charge in [-0.1, -0.05) is 0 Å². The van der Waals surface area contributed by atoms with Crippen LogP contribution in [-0.4, -0.2) is 10.9 Å². The van der Waals surface area contributed by atoms with Crippen LogP contribution in [0.4, 0.5) is 5.69 Å². The molecule has 0 unspecified atom stereocenters. The highest BCUT2D eigenvalue weighted by Crippen LogP contribution is 2.32. The van der Waals surface area contributed by atoms with Gasteiger partial charge in [-0.2, -0.15) is 0 Å². The molecule has 0 aliphatic heterocycles. The maximum Gasteiger partial charge on any atom is 0.257 e. The molecule has 0 bridgehead atoms. The lowest BCUT2D eigenvalue weighted by Crippen LogP contribution is -2.12. The molecule has 0 saturated carbocycles. The Balaban J connectivity index is 2.23. The minimum Gasteiger partial charge on any atom is -0.320 e. The van der Waals surface area contributed by atoms with Crippen molar-refractivity contribution in [2.75, 3.05) is 5.32 Å². The van der Waals surface area contributed by atoms with Crippen LogP contribution in [0.5, 0.6) is 0 Å². The van der Waals surface area contributed by atoms with E-state index in [9.17, 15) is 4.79 Å². The van der Waals surface area contributed by atoms with Crippen molar-refractivity contribution in [1.29, 1.82) is 0 Å². The Morgan fingerprint density at radius 2 is 2.12 bits per heavy atom. The first-order valence-electron chi connectivity index (χ1n) is 4.44. The minimum atomic E-state index is -0.174. The first-order chi connectivity index (χ1) is 8.08. The van der Waals surface area contributed by atoms with Crippen LogP contribution < -0.4 is 5.32 Å². The van der Waals surface area contributed by atoms with Crippen LogP contribution in [0.2, 0.25) is 0 Å². The second-order valence-electron chi connectivity index (χ2n) is 3.03. The summed E-state index contributed by atoms with van der Waals surface area (Å²) in [5.41, 5.74) is 1.24. The van der Waals surface area contributed by atoms with Crippen LogP contribution in [0.1, 0.15) is 10.4 Å². The van der Waals surface area contributed by atoms with E-state index in [0.29, 0.717) is 15.9 Å². The second kappa shape index (κ2) is 5.60. The SMILES string of the molecule is O=C(Nc1cccnc1Br)c1cc(Br)sc1Br. The van der Waals surface area contributed by atoms with Gasteiger partial charge in [0.1, 0.15) is 4.60 Å². The Morgan fingerprint density at radius 3 is 2.71 bits per heavy atom. The average molecular weight is 441 g/mol. The molecule has 0 fully saturated rings. The zero-order chi connectivity index (χ0) is 12.4. The molecule has 88 valence electrons. The van der Waals surface area contributed by atoms with Gasteiger partial charge in [0.2, 0.25) is 0 Å². The summed E-state index contributed by atoms with van der Waals surface area (Å²) in [5.74, 6) is -0.174. The molecule has 0 aromatic carbocycles. The van der Waals surface area contributed by atoms with Crippen molar-refractivity contribution in [2.45, 2.75) is 0 Å². The van der Waals surface area contributed by atoms with Crippen molar-refractivity contribution in [3.63, 3.8) is 0 Å². The van der Waals surface area contributed by atoms with E-state index in [1.807, 2.05) is 0 Å². The number of amides is 1. The van der Waals surface area contributed by atoms with Crippen molar-refractivity contribution in [3.05, 3.63) is 42.1 Å². The summed E-state index contributed by atoms with van der Waals surface area (Å²) in [6.45, 7) is 0. The van der Waals surface area contributed by atoms with Crippen LogP contribution >= 0.6 is 59.1 Å². The highest BCUT2D eigenvalue weighted by Gasteiger charge is 2.14. The van der Waals surface area contributed by atoms with Gasteiger partial charge in [-0.3, -0.25) is 4.79 Å². The summed E-state index contributed by atoms with van der Waals surface area (Å²) < 4.78 is 2.31. The standard InChI is InChI=1S/C10H5Br3N2OS/c11-7-4-5(9(13)17-7)10(16)15-6-2-1-3-14-8(6)12/h1-4H,(H,15,16). The Kier molecular flexibility index (Phi) is 4.35. The number of anilines is 1. The van der Waals surface area contributed by atoms with Crippen molar-refractivity contribution >= 4 is 70.7 Å². The maximum atomic E-state index is 12.0. The highest BCUT2D eigenvalue weighted by molar-refractivity contribution is 9.12. The quantitative estimate of drug-likeness (QED) is 0.689. The molecule has 1 amide bonds. The number of rotatable bonds is 2. The third kappa shape index (κ3) is 3.15. The molecular weight excluding hydrogens is 436 g/mol. The number of carbonyl (C=O) groups excluding carboxylic acids is 1. The largest absolute Gasteiger partial charge is 0.320 e. The first-order valence-corrected chi connectivity index (χ1v) is 7.64. The summed E-state index contributed by atoms with van der Waals surface area (Å²) in [6, 6.07) is 5.32. The zero-order valence-corrected chi connectivity index (χ0v) is 13.8. The van der Waals surface area contributed by atoms with E-state index in [4.69, 9.17) is 0 Å². The Labute approximate surface area is 127 Å². The van der Waals surface area contributed by atoms with E-state index < -0.39 is 0 Å². The molecule has 1 N–H and O–H groups in total. The number of hydrogen-bond donors (Lipinski definition) is 1. The predicted octanol–water partition coefficient (Wildman–Crippen LogP) is 4.68. The molecule has 17 heavy (non-hydrogen) atoms. The van der Waals surface area contributed by atoms with Gasteiger partial charge in [0.15, 0.2) is 0 Å². The lowest BCUT2D eigenvalue weighted by atomic mass is 10.3. The van der Waals surface area contributed by atoms with Gasteiger partial charge < -0.3 is 5.32 Å². The van der Waals surface area contributed by atoms with Crippen molar-refractivity contribution in [1.82, 2.24) is 4.98 Å². The smallest absolute Gasteiger partial charge is 0.257 e. The topological polar surface area (TPSA) is 42.0 Å². The highest BCUT2D eigenvalue weighted by atomic mass is 79.9. The number of aromatic nitrogens is 1. The van der Waals surface area contributed by atoms with E-state index in [1.54, 1.807) is 24.4 Å². The maximum absolute atomic E-state index is 12.0. The van der Waals surface area contributed by atoms with Crippen molar-refractivity contribution in [3.8, 4) is 0 Å². The first kappa shape index (κ1) is 13.2.